The maximum Gasteiger partial charge on any atom is 0.252 e. The van der Waals surface area contributed by atoms with Crippen molar-refractivity contribution in [3.8, 4) is 33.4 Å². The molecule has 0 N–H and O–H groups in total. The van der Waals surface area contributed by atoms with Crippen molar-refractivity contribution < 1.29 is 14.4 Å². The zero-order chi connectivity index (χ0) is 23.5. The molecule has 0 aliphatic rings. The first-order valence-electron chi connectivity index (χ1n) is 9.88. The van der Waals surface area contributed by atoms with Crippen molar-refractivity contribution in [3.05, 3.63) is 108 Å². The monoisotopic (exact) mass is 492 g/mol. The Bertz CT molecular complexity index is 1230. The SMILES string of the molecule is O=C(Cl)c1cccc(-c2cc(-c3cccc(C(=O)Cl)c3)cc(-c3cccc(C(=O)Cl)c3)c2)c1. The van der Waals surface area contributed by atoms with Crippen molar-refractivity contribution in [1.82, 2.24) is 0 Å². The molecule has 162 valence electrons. The van der Waals surface area contributed by atoms with Crippen molar-refractivity contribution in [1.29, 1.82) is 0 Å². The number of benzene rings is 4. The van der Waals surface area contributed by atoms with Gasteiger partial charge in [0.2, 0.25) is 0 Å². The third-order valence-electron chi connectivity index (χ3n) is 5.20. The summed E-state index contributed by atoms with van der Waals surface area (Å²) in [4.78, 5) is 35.1. The van der Waals surface area contributed by atoms with Crippen LogP contribution in [0.1, 0.15) is 31.1 Å². The van der Waals surface area contributed by atoms with Crippen molar-refractivity contribution in [3.63, 3.8) is 0 Å². The molecule has 0 fully saturated rings. The lowest BCUT2D eigenvalue weighted by Gasteiger charge is -2.12. The number of rotatable bonds is 6. The Morgan fingerprint density at radius 3 is 0.909 bits per heavy atom. The van der Waals surface area contributed by atoms with Crippen LogP contribution in [0.25, 0.3) is 33.4 Å². The lowest BCUT2D eigenvalue weighted by Crippen LogP contribution is -1.93. The van der Waals surface area contributed by atoms with Crippen LogP contribution in [0.15, 0.2) is 91.0 Å². The summed E-state index contributed by atoms with van der Waals surface area (Å²) in [6.45, 7) is 0. The van der Waals surface area contributed by atoms with E-state index in [9.17, 15) is 14.4 Å². The molecular weight excluding hydrogens is 479 g/mol. The minimum absolute atomic E-state index is 0.380. The molecule has 0 aliphatic heterocycles. The number of carbonyl (C=O) groups excluding carboxylic acids is 3. The van der Waals surface area contributed by atoms with Gasteiger partial charge in [-0.1, -0.05) is 54.6 Å². The topological polar surface area (TPSA) is 51.2 Å². The van der Waals surface area contributed by atoms with Gasteiger partial charge in [0.25, 0.3) is 15.7 Å². The molecule has 6 heteroatoms. The summed E-state index contributed by atoms with van der Waals surface area (Å²) in [5.74, 6) is 0. The van der Waals surface area contributed by atoms with Crippen LogP contribution in [0.5, 0.6) is 0 Å². The molecule has 3 nitrogen and oxygen atoms in total. The van der Waals surface area contributed by atoms with Crippen molar-refractivity contribution in [2.45, 2.75) is 0 Å². The van der Waals surface area contributed by atoms with Gasteiger partial charge in [-0.05, 0) is 105 Å². The Hall–Kier alpha value is -3.24. The predicted molar refractivity (Wildman–Crippen MR) is 133 cm³/mol. The number of hydrogen-bond donors (Lipinski definition) is 0. The van der Waals surface area contributed by atoms with Crippen LogP contribution in [-0.4, -0.2) is 15.7 Å². The summed E-state index contributed by atoms with van der Waals surface area (Å²) in [6, 6.07) is 26.9. The standard InChI is InChI=1S/C27H15Cl3O3/c28-25(31)19-7-1-4-16(10-19)22-13-23(17-5-2-8-20(11-17)26(29)32)15-24(14-22)18-6-3-9-21(12-18)27(30)33/h1-15H. The van der Waals surface area contributed by atoms with Gasteiger partial charge in [-0.15, -0.1) is 0 Å². The third kappa shape index (κ3) is 5.23. The van der Waals surface area contributed by atoms with E-state index in [1.54, 1.807) is 54.6 Å². The highest BCUT2D eigenvalue weighted by Gasteiger charge is 2.12. The van der Waals surface area contributed by atoms with E-state index < -0.39 is 15.7 Å². The average Bonchev–Trinajstić information content (AvgIpc) is 2.84. The van der Waals surface area contributed by atoms with Gasteiger partial charge >= 0.3 is 0 Å². The fraction of sp³-hybridized carbons (Fsp3) is 0. The molecule has 0 atom stereocenters. The molecule has 0 unspecified atom stereocenters. The lowest BCUT2D eigenvalue weighted by molar-refractivity contribution is 0.107. The van der Waals surface area contributed by atoms with Crippen molar-refractivity contribution in [2.75, 3.05) is 0 Å². The second-order valence-corrected chi connectivity index (χ2v) is 8.39. The van der Waals surface area contributed by atoms with Crippen LogP contribution < -0.4 is 0 Å². The van der Waals surface area contributed by atoms with Crippen LogP contribution in [0.3, 0.4) is 0 Å². The highest BCUT2D eigenvalue weighted by Crippen LogP contribution is 2.34. The van der Waals surface area contributed by atoms with Crippen LogP contribution >= 0.6 is 34.8 Å². The first-order chi connectivity index (χ1) is 15.8. The summed E-state index contributed by atoms with van der Waals surface area (Å²) in [7, 11) is 0. The summed E-state index contributed by atoms with van der Waals surface area (Å²) < 4.78 is 0. The van der Waals surface area contributed by atoms with E-state index in [1.807, 2.05) is 36.4 Å². The highest BCUT2D eigenvalue weighted by molar-refractivity contribution is 6.68. The predicted octanol–water partition coefficient (Wildman–Crippen LogP) is 7.82. The fourth-order valence-electron chi connectivity index (χ4n) is 3.59. The van der Waals surface area contributed by atoms with Crippen LogP contribution in [0, 0.1) is 0 Å². The maximum atomic E-state index is 11.7. The molecule has 0 bridgehead atoms. The van der Waals surface area contributed by atoms with E-state index >= 15 is 0 Å². The van der Waals surface area contributed by atoms with E-state index in [0.29, 0.717) is 16.7 Å². The van der Waals surface area contributed by atoms with Gasteiger partial charge in [-0.2, -0.15) is 0 Å². The molecule has 0 spiro atoms. The van der Waals surface area contributed by atoms with Crippen LogP contribution in [-0.2, 0) is 0 Å². The molecule has 0 aliphatic carbocycles. The molecule has 4 rings (SSSR count). The molecule has 4 aromatic rings. The van der Waals surface area contributed by atoms with Gasteiger partial charge in [-0.25, -0.2) is 0 Å². The van der Waals surface area contributed by atoms with E-state index in [4.69, 9.17) is 34.8 Å². The number of halogens is 3. The van der Waals surface area contributed by atoms with Gasteiger partial charge in [0.1, 0.15) is 0 Å². The summed E-state index contributed by atoms with van der Waals surface area (Å²) in [6.07, 6.45) is 0. The Morgan fingerprint density at radius 1 is 0.394 bits per heavy atom. The van der Waals surface area contributed by atoms with Gasteiger partial charge in [0.05, 0.1) is 0 Å². The van der Waals surface area contributed by atoms with E-state index in [1.165, 1.54) is 0 Å². The quantitative estimate of drug-likeness (QED) is 0.257. The van der Waals surface area contributed by atoms with E-state index in [0.717, 1.165) is 33.4 Å². The maximum absolute atomic E-state index is 11.7. The zero-order valence-corrected chi connectivity index (χ0v) is 19.3. The molecular formula is C27H15Cl3O3. The Labute approximate surface area is 205 Å². The molecule has 0 aromatic heterocycles. The molecule has 0 heterocycles. The summed E-state index contributed by atoms with van der Waals surface area (Å²) >= 11 is 17.0. The minimum Gasteiger partial charge on any atom is -0.276 e. The number of carbonyl (C=O) groups is 3. The van der Waals surface area contributed by atoms with Gasteiger partial charge < -0.3 is 0 Å². The average molecular weight is 494 g/mol. The van der Waals surface area contributed by atoms with E-state index in [2.05, 4.69) is 0 Å². The molecule has 0 amide bonds. The Balaban J connectivity index is 1.94. The van der Waals surface area contributed by atoms with Gasteiger partial charge in [0, 0.05) is 16.7 Å². The molecule has 33 heavy (non-hydrogen) atoms. The van der Waals surface area contributed by atoms with Crippen molar-refractivity contribution >= 4 is 50.5 Å². The highest BCUT2D eigenvalue weighted by atomic mass is 35.5. The molecule has 0 saturated heterocycles. The van der Waals surface area contributed by atoms with E-state index in [-0.39, 0.29) is 0 Å². The third-order valence-corrected chi connectivity index (χ3v) is 5.86. The minimum atomic E-state index is -0.546. The summed E-state index contributed by atoms with van der Waals surface area (Å²) in [5.41, 5.74) is 5.99. The van der Waals surface area contributed by atoms with Crippen LogP contribution in [0.4, 0.5) is 0 Å². The largest absolute Gasteiger partial charge is 0.276 e. The summed E-state index contributed by atoms with van der Waals surface area (Å²) in [5, 5.41) is -1.64. The zero-order valence-electron chi connectivity index (χ0n) is 17.0. The second-order valence-electron chi connectivity index (χ2n) is 7.36. The second kappa shape index (κ2) is 9.72. The first-order valence-corrected chi connectivity index (χ1v) is 11.0. The van der Waals surface area contributed by atoms with Gasteiger partial charge in [0.15, 0.2) is 0 Å². The molecule has 0 saturated carbocycles. The smallest absolute Gasteiger partial charge is 0.252 e. The molecule has 0 radical (unpaired) electrons. The number of hydrogen-bond acceptors (Lipinski definition) is 3. The molecule has 4 aromatic carbocycles. The first kappa shape index (κ1) is 22.9. The van der Waals surface area contributed by atoms with Crippen LogP contribution in [0.2, 0.25) is 0 Å². The normalized spacial score (nSPS) is 10.6. The Morgan fingerprint density at radius 2 is 0.667 bits per heavy atom. The fourth-order valence-corrected chi connectivity index (χ4v) is 3.94. The Kier molecular flexibility index (Phi) is 6.75. The lowest BCUT2D eigenvalue weighted by atomic mass is 9.92. The van der Waals surface area contributed by atoms with Crippen molar-refractivity contribution in [2.24, 2.45) is 0 Å². The van der Waals surface area contributed by atoms with Gasteiger partial charge in [-0.3, -0.25) is 14.4 Å².